The van der Waals surface area contributed by atoms with Crippen molar-refractivity contribution in [1.29, 1.82) is 0 Å². The molecule has 2 N–H and O–H groups in total. The molecule has 0 aromatic heterocycles. The molecule has 189 valence electrons. The molecule has 6 nitrogen and oxygen atoms in total. The molecule has 1 radical (unpaired) electrons. The van der Waals surface area contributed by atoms with E-state index >= 15 is 0 Å². The number of benzene rings is 4. The summed E-state index contributed by atoms with van der Waals surface area (Å²) in [7, 11) is 0. The van der Waals surface area contributed by atoms with Crippen molar-refractivity contribution in [1.82, 2.24) is 0 Å². The van der Waals surface area contributed by atoms with E-state index < -0.39 is 12.5 Å². The van der Waals surface area contributed by atoms with Crippen LogP contribution in [0.3, 0.4) is 0 Å². The number of aromatic hydroxyl groups is 2. The molecule has 0 fully saturated rings. The predicted molar refractivity (Wildman–Crippen MR) is 141 cm³/mol. The van der Waals surface area contributed by atoms with Crippen molar-refractivity contribution in [2.75, 3.05) is 0 Å². The average Bonchev–Trinajstić information content (AvgIpc) is 2.92. The maximum absolute atomic E-state index is 10.2. The van der Waals surface area contributed by atoms with Crippen LogP contribution in [0.15, 0.2) is 119 Å². The largest absolute Gasteiger partial charge is 0.507 e. The van der Waals surface area contributed by atoms with Crippen molar-refractivity contribution in [3.63, 3.8) is 0 Å². The third kappa shape index (κ3) is 8.70. The van der Waals surface area contributed by atoms with Gasteiger partial charge in [-0.15, -0.1) is 0 Å². The summed E-state index contributed by atoms with van der Waals surface area (Å²) in [5.74, 6) is 0.227. The summed E-state index contributed by atoms with van der Waals surface area (Å²) < 4.78 is 12.4. The Balaban J connectivity index is 0.00000380. The van der Waals surface area contributed by atoms with E-state index in [0.717, 1.165) is 11.1 Å². The summed E-state index contributed by atoms with van der Waals surface area (Å²) in [6, 6.07) is 33.4. The van der Waals surface area contributed by atoms with Crippen LogP contribution in [-0.2, 0) is 39.8 Å². The summed E-state index contributed by atoms with van der Waals surface area (Å²) in [5.41, 5.74) is 3.06. The zero-order valence-electron chi connectivity index (χ0n) is 20.1. The van der Waals surface area contributed by atoms with Crippen LogP contribution in [0.25, 0.3) is 0 Å². The van der Waals surface area contributed by atoms with E-state index in [9.17, 15) is 10.2 Å². The Hall–Kier alpha value is -3.74. The first-order chi connectivity index (χ1) is 17.7. The Bertz CT molecular complexity index is 1180. The third-order valence-electron chi connectivity index (χ3n) is 5.37. The average molecular weight is 536 g/mol. The van der Waals surface area contributed by atoms with E-state index in [4.69, 9.17) is 9.47 Å². The number of aliphatic imine (C=N–C) groups is 2. The zero-order chi connectivity index (χ0) is 25.0. The van der Waals surface area contributed by atoms with Gasteiger partial charge in [0.1, 0.15) is 11.5 Å². The minimum absolute atomic E-state index is 0. The SMILES string of the molecule is Oc1ccccc1/C=N/C(OCc1ccccc1)C(/N=C/c1ccccc1O)OCc1ccccc1.[Mn]. The molecule has 0 aliphatic carbocycles. The second-order valence-electron chi connectivity index (χ2n) is 8.05. The van der Waals surface area contributed by atoms with Gasteiger partial charge >= 0.3 is 0 Å². The molecular weight excluding hydrogens is 507 g/mol. The molecule has 0 spiro atoms. The fourth-order valence-electron chi connectivity index (χ4n) is 3.41. The Kier molecular flexibility index (Phi) is 11.1. The van der Waals surface area contributed by atoms with Gasteiger partial charge < -0.3 is 19.7 Å². The standard InChI is InChI=1S/C30H28N2O4.Mn/c33-27-17-9-7-15-25(27)19-31-29(35-21-23-11-3-1-4-12-23)30(36-22-24-13-5-2-6-14-24)32-20-26-16-8-10-18-28(26)34;/h1-20,29-30,33-34H,21-22H2;/b31-19+,32-20+;. The normalized spacial score (nSPS) is 12.9. The van der Waals surface area contributed by atoms with E-state index in [2.05, 4.69) is 9.98 Å². The Morgan fingerprint density at radius 1 is 0.541 bits per heavy atom. The number of hydrogen-bond acceptors (Lipinski definition) is 6. The molecule has 2 unspecified atom stereocenters. The predicted octanol–water partition coefficient (Wildman–Crippen LogP) is 5.72. The van der Waals surface area contributed by atoms with Gasteiger partial charge in [-0.25, -0.2) is 0 Å². The third-order valence-corrected chi connectivity index (χ3v) is 5.37. The summed E-state index contributed by atoms with van der Waals surface area (Å²) in [5, 5.41) is 20.4. The van der Waals surface area contributed by atoms with Crippen LogP contribution < -0.4 is 0 Å². The van der Waals surface area contributed by atoms with Gasteiger partial charge in [-0.1, -0.05) is 84.9 Å². The minimum Gasteiger partial charge on any atom is -0.507 e. The molecule has 0 saturated carbocycles. The number of hydrogen-bond donors (Lipinski definition) is 2. The first-order valence-corrected chi connectivity index (χ1v) is 11.6. The van der Waals surface area contributed by atoms with Gasteiger partial charge in [0, 0.05) is 40.6 Å². The summed E-state index contributed by atoms with van der Waals surface area (Å²) in [4.78, 5) is 9.22. The van der Waals surface area contributed by atoms with E-state index in [1.54, 1.807) is 48.8 Å². The van der Waals surface area contributed by atoms with Crippen LogP contribution in [0.2, 0.25) is 0 Å². The fraction of sp³-hybridized carbons (Fsp3) is 0.133. The molecule has 4 aromatic rings. The molecule has 4 rings (SSSR count). The van der Waals surface area contributed by atoms with E-state index in [0.29, 0.717) is 24.3 Å². The zero-order valence-corrected chi connectivity index (χ0v) is 21.3. The molecule has 0 bridgehead atoms. The van der Waals surface area contributed by atoms with E-state index in [1.807, 2.05) is 72.8 Å². The van der Waals surface area contributed by atoms with Crippen LogP contribution in [0.4, 0.5) is 0 Å². The van der Waals surface area contributed by atoms with Crippen LogP contribution >= 0.6 is 0 Å². The number of rotatable bonds is 11. The molecule has 0 aliphatic heterocycles. The number of para-hydroxylation sites is 2. The molecule has 7 heteroatoms. The van der Waals surface area contributed by atoms with Gasteiger partial charge in [-0.2, -0.15) is 0 Å². The Morgan fingerprint density at radius 3 is 1.27 bits per heavy atom. The van der Waals surface area contributed by atoms with Gasteiger partial charge in [0.25, 0.3) is 0 Å². The maximum atomic E-state index is 10.2. The molecule has 0 aliphatic rings. The van der Waals surface area contributed by atoms with Crippen molar-refractivity contribution in [2.24, 2.45) is 9.98 Å². The van der Waals surface area contributed by atoms with Gasteiger partial charge in [0.05, 0.1) is 13.2 Å². The molecule has 0 heterocycles. The molecular formula is C30H28MnN2O4. The second kappa shape index (κ2) is 14.7. The summed E-state index contributed by atoms with van der Waals surface area (Å²) in [6.45, 7) is 0.585. The topological polar surface area (TPSA) is 83.6 Å². The van der Waals surface area contributed by atoms with Gasteiger partial charge in [0.2, 0.25) is 0 Å². The van der Waals surface area contributed by atoms with Crippen molar-refractivity contribution in [3.8, 4) is 11.5 Å². The number of nitrogens with zero attached hydrogens (tertiary/aromatic N) is 2. The van der Waals surface area contributed by atoms with Crippen molar-refractivity contribution in [2.45, 2.75) is 25.7 Å². The van der Waals surface area contributed by atoms with Gasteiger partial charge in [-0.3, -0.25) is 9.98 Å². The van der Waals surface area contributed by atoms with Crippen LogP contribution in [0, 0.1) is 0 Å². The molecule has 4 aromatic carbocycles. The van der Waals surface area contributed by atoms with E-state index in [-0.39, 0.29) is 28.6 Å². The number of ether oxygens (including phenoxy) is 2. The monoisotopic (exact) mass is 535 g/mol. The van der Waals surface area contributed by atoms with Crippen molar-refractivity contribution >= 4 is 12.4 Å². The van der Waals surface area contributed by atoms with Gasteiger partial charge in [0.15, 0.2) is 12.5 Å². The minimum atomic E-state index is -0.823. The van der Waals surface area contributed by atoms with Crippen LogP contribution in [0.5, 0.6) is 11.5 Å². The van der Waals surface area contributed by atoms with Crippen LogP contribution in [0.1, 0.15) is 22.3 Å². The molecule has 0 saturated heterocycles. The summed E-state index contributed by atoms with van der Waals surface area (Å²) >= 11 is 0. The maximum Gasteiger partial charge on any atom is 0.194 e. The first-order valence-electron chi connectivity index (χ1n) is 11.6. The first kappa shape index (κ1) is 27.8. The van der Waals surface area contributed by atoms with Crippen molar-refractivity contribution < 1.29 is 36.8 Å². The van der Waals surface area contributed by atoms with Gasteiger partial charge in [-0.05, 0) is 35.4 Å². The van der Waals surface area contributed by atoms with E-state index in [1.165, 1.54) is 0 Å². The number of phenols is 2. The molecule has 0 amide bonds. The summed E-state index contributed by atoms with van der Waals surface area (Å²) in [6.07, 6.45) is 1.46. The Morgan fingerprint density at radius 2 is 0.892 bits per heavy atom. The quantitative estimate of drug-likeness (QED) is 0.190. The van der Waals surface area contributed by atoms with Crippen molar-refractivity contribution in [3.05, 3.63) is 131 Å². The second-order valence-corrected chi connectivity index (χ2v) is 8.05. The number of phenolic OH excluding ortho intramolecular Hbond substituents is 2. The smallest absolute Gasteiger partial charge is 0.194 e. The fourth-order valence-corrected chi connectivity index (χ4v) is 3.41. The molecule has 2 atom stereocenters. The molecule has 37 heavy (non-hydrogen) atoms. The Labute approximate surface area is 227 Å². The van der Waals surface area contributed by atoms with Crippen LogP contribution in [-0.4, -0.2) is 35.1 Å².